The summed E-state index contributed by atoms with van der Waals surface area (Å²) in [5.74, 6) is -0.0957. The minimum absolute atomic E-state index is 0.0957. The normalized spacial score (nSPS) is 10.4. The van der Waals surface area contributed by atoms with E-state index < -0.39 is 5.56 Å². The van der Waals surface area contributed by atoms with E-state index in [1.165, 1.54) is 0 Å². The molecule has 0 aliphatic heterocycles. The Bertz CT molecular complexity index is 909. The molecule has 0 aliphatic carbocycles. The monoisotopic (exact) mass is 391 g/mol. The average molecular weight is 392 g/mol. The molecule has 136 valence electrons. The molecule has 7 heteroatoms. The maximum absolute atomic E-state index is 12.1. The lowest BCUT2D eigenvalue weighted by atomic mass is 9.99. The number of halogens is 2. The van der Waals surface area contributed by atoms with Gasteiger partial charge in [0.2, 0.25) is 5.91 Å². The van der Waals surface area contributed by atoms with Gasteiger partial charge >= 0.3 is 0 Å². The number of hydrogen-bond donors (Lipinski definition) is 2. The van der Waals surface area contributed by atoms with Gasteiger partial charge in [-0.1, -0.05) is 23.2 Å². The number of aromatic nitrogens is 1. The van der Waals surface area contributed by atoms with Crippen molar-refractivity contribution in [3.63, 3.8) is 0 Å². The Morgan fingerprint density at radius 2 is 1.85 bits per heavy atom. The van der Waals surface area contributed by atoms with Crippen molar-refractivity contribution in [2.24, 2.45) is 0 Å². The number of hydrogen-bond acceptors (Lipinski definition) is 3. The smallest absolute Gasteiger partial charge is 0.266 e. The first-order valence-corrected chi connectivity index (χ1v) is 8.91. The number of carbonyl (C=O) groups is 1. The van der Waals surface area contributed by atoms with Crippen LogP contribution in [-0.4, -0.2) is 17.4 Å². The summed E-state index contributed by atoms with van der Waals surface area (Å²) in [7, 11) is 0. The Morgan fingerprint density at radius 1 is 1.19 bits per heavy atom. The van der Waals surface area contributed by atoms with Crippen LogP contribution in [0.3, 0.4) is 0 Å². The predicted octanol–water partition coefficient (Wildman–Crippen LogP) is 3.46. The number of aromatic amines is 1. The summed E-state index contributed by atoms with van der Waals surface area (Å²) < 4.78 is 0. The predicted molar refractivity (Wildman–Crippen MR) is 103 cm³/mol. The first-order chi connectivity index (χ1) is 12.3. The highest BCUT2D eigenvalue weighted by molar-refractivity contribution is 6.34. The Hall–Kier alpha value is -2.29. The van der Waals surface area contributed by atoms with Crippen molar-refractivity contribution in [2.75, 3.05) is 6.54 Å². The fourth-order valence-corrected chi connectivity index (χ4v) is 3.42. The number of nitrogens with one attached hydrogen (secondary N) is 2. The lowest BCUT2D eigenvalue weighted by Gasteiger charge is -2.11. The molecule has 0 aliphatic rings. The fourth-order valence-electron chi connectivity index (χ4n) is 2.85. The Morgan fingerprint density at radius 3 is 2.46 bits per heavy atom. The molecule has 0 saturated heterocycles. The molecule has 2 rings (SSSR count). The molecular weight excluding hydrogens is 373 g/mol. The molecule has 0 spiro atoms. The molecule has 0 radical (unpaired) electrons. The molecule has 1 amide bonds. The van der Waals surface area contributed by atoms with Crippen LogP contribution in [-0.2, 0) is 17.6 Å². The molecule has 0 fully saturated rings. The number of carbonyl (C=O) groups excluding carboxylic acids is 1. The van der Waals surface area contributed by atoms with E-state index in [2.05, 4.69) is 10.3 Å². The third kappa shape index (κ3) is 5.10. The molecular formula is C19H19Cl2N3O2. The van der Waals surface area contributed by atoms with E-state index >= 15 is 0 Å². The van der Waals surface area contributed by atoms with Gasteiger partial charge in [0.05, 0.1) is 0 Å². The fraction of sp³-hybridized carbons (Fsp3) is 0.316. The van der Waals surface area contributed by atoms with Crippen LogP contribution in [0.1, 0.15) is 34.4 Å². The van der Waals surface area contributed by atoms with Crippen molar-refractivity contribution in [1.29, 1.82) is 5.26 Å². The van der Waals surface area contributed by atoms with Crippen molar-refractivity contribution in [1.82, 2.24) is 10.3 Å². The second-order valence-corrected chi connectivity index (χ2v) is 6.92. The summed E-state index contributed by atoms with van der Waals surface area (Å²) in [6.45, 7) is 3.98. The lowest BCUT2D eigenvalue weighted by molar-refractivity contribution is -0.121. The maximum Gasteiger partial charge on any atom is 0.266 e. The molecule has 0 bridgehead atoms. The van der Waals surface area contributed by atoms with Gasteiger partial charge in [0, 0.05) is 28.7 Å². The molecule has 0 unspecified atom stereocenters. The summed E-state index contributed by atoms with van der Waals surface area (Å²) in [5.41, 5.74) is 2.81. The van der Waals surface area contributed by atoms with Gasteiger partial charge in [0.15, 0.2) is 0 Å². The molecule has 0 atom stereocenters. The summed E-state index contributed by atoms with van der Waals surface area (Å²) in [6, 6.07) is 7.21. The van der Waals surface area contributed by atoms with Crippen molar-refractivity contribution in [3.05, 3.63) is 66.5 Å². The summed E-state index contributed by atoms with van der Waals surface area (Å²) in [5, 5.41) is 13.1. The summed E-state index contributed by atoms with van der Waals surface area (Å²) in [4.78, 5) is 26.5. The van der Waals surface area contributed by atoms with Crippen LogP contribution >= 0.6 is 23.2 Å². The van der Waals surface area contributed by atoms with E-state index in [1.807, 2.05) is 18.2 Å². The highest BCUT2D eigenvalue weighted by Gasteiger charge is 2.13. The molecule has 1 aromatic heterocycles. The van der Waals surface area contributed by atoms with E-state index in [0.29, 0.717) is 40.7 Å². The van der Waals surface area contributed by atoms with Crippen LogP contribution in [0.2, 0.25) is 10.0 Å². The van der Waals surface area contributed by atoms with Gasteiger partial charge in [-0.2, -0.15) is 5.26 Å². The Balaban J connectivity index is 1.91. The number of pyridine rings is 1. The molecule has 2 aromatic rings. The van der Waals surface area contributed by atoms with Gasteiger partial charge in [-0.3, -0.25) is 9.59 Å². The SMILES string of the molecule is Cc1[nH]c(=O)c(C#N)c(C)c1CCC(=O)NCCc1cc(Cl)cc(Cl)c1. The van der Waals surface area contributed by atoms with E-state index in [-0.39, 0.29) is 17.9 Å². The largest absolute Gasteiger partial charge is 0.356 e. The molecule has 1 aromatic carbocycles. The van der Waals surface area contributed by atoms with Crippen molar-refractivity contribution in [3.8, 4) is 6.07 Å². The quantitative estimate of drug-likeness (QED) is 0.790. The Labute approximate surface area is 161 Å². The first-order valence-electron chi connectivity index (χ1n) is 8.16. The minimum atomic E-state index is -0.393. The highest BCUT2D eigenvalue weighted by atomic mass is 35.5. The third-order valence-corrected chi connectivity index (χ3v) is 4.62. The van der Waals surface area contributed by atoms with Crippen LogP contribution < -0.4 is 10.9 Å². The Kier molecular flexibility index (Phi) is 6.84. The number of benzene rings is 1. The van der Waals surface area contributed by atoms with Crippen LogP contribution in [0.15, 0.2) is 23.0 Å². The van der Waals surface area contributed by atoms with Crippen LogP contribution in [0.25, 0.3) is 0 Å². The number of nitriles is 1. The van der Waals surface area contributed by atoms with E-state index in [4.69, 9.17) is 28.5 Å². The highest BCUT2D eigenvalue weighted by Crippen LogP contribution is 2.19. The first kappa shape index (κ1) is 20.0. The van der Waals surface area contributed by atoms with Crippen molar-refractivity contribution >= 4 is 29.1 Å². The van der Waals surface area contributed by atoms with E-state index in [9.17, 15) is 9.59 Å². The van der Waals surface area contributed by atoms with E-state index in [1.54, 1.807) is 19.9 Å². The number of nitrogens with zero attached hydrogens (tertiary/aromatic N) is 1. The third-order valence-electron chi connectivity index (χ3n) is 4.18. The topological polar surface area (TPSA) is 85.8 Å². The second-order valence-electron chi connectivity index (χ2n) is 6.05. The lowest BCUT2D eigenvalue weighted by Crippen LogP contribution is -2.26. The van der Waals surface area contributed by atoms with Crippen molar-refractivity contribution in [2.45, 2.75) is 33.1 Å². The minimum Gasteiger partial charge on any atom is -0.356 e. The number of aryl methyl sites for hydroxylation is 1. The summed E-state index contributed by atoms with van der Waals surface area (Å²) in [6.07, 6.45) is 1.36. The zero-order chi connectivity index (χ0) is 19.3. The van der Waals surface area contributed by atoms with Crippen LogP contribution in [0.5, 0.6) is 0 Å². The van der Waals surface area contributed by atoms with Crippen molar-refractivity contribution < 1.29 is 4.79 Å². The number of H-pyrrole nitrogens is 1. The molecule has 26 heavy (non-hydrogen) atoms. The van der Waals surface area contributed by atoms with E-state index in [0.717, 1.165) is 11.1 Å². The molecule has 5 nitrogen and oxygen atoms in total. The standard InChI is InChI=1S/C19H19Cl2N3O2/c1-11-16(12(2)24-19(26)17(11)10-22)3-4-18(25)23-6-5-13-7-14(20)9-15(21)8-13/h7-9H,3-6H2,1-2H3,(H,23,25)(H,24,26). The molecule has 2 N–H and O–H groups in total. The van der Waals surface area contributed by atoms with Gasteiger partial charge in [-0.05, 0) is 61.6 Å². The average Bonchev–Trinajstić information content (AvgIpc) is 2.53. The molecule has 1 heterocycles. The zero-order valence-electron chi connectivity index (χ0n) is 14.6. The second kappa shape index (κ2) is 8.88. The van der Waals surface area contributed by atoms with Gasteiger partial charge in [-0.15, -0.1) is 0 Å². The van der Waals surface area contributed by atoms with Crippen LogP contribution in [0.4, 0.5) is 0 Å². The van der Waals surface area contributed by atoms with Gasteiger partial charge in [0.25, 0.3) is 5.56 Å². The zero-order valence-corrected chi connectivity index (χ0v) is 16.1. The van der Waals surface area contributed by atoms with Gasteiger partial charge in [-0.25, -0.2) is 0 Å². The summed E-state index contributed by atoms with van der Waals surface area (Å²) >= 11 is 11.9. The number of amides is 1. The number of rotatable bonds is 6. The molecule has 0 saturated carbocycles. The maximum atomic E-state index is 12.1. The van der Waals surface area contributed by atoms with Gasteiger partial charge in [0.1, 0.15) is 11.6 Å². The van der Waals surface area contributed by atoms with Crippen LogP contribution in [0, 0.1) is 25.2 Å². The van der Waals surface area contributed by atoms with Gasteiger partial charge < -0.3 is 10.3 Å².